The van der Waals surface area contributed by atoms with Gasteiger partial charge in [-0.1, -0.05) is 0 Å². The summed E-state index contributed by atoms with van der Waals surface area (Å²) in [4.78, 5) is 7.21. The summed E-state index contributed by atoms with van der Waals surface area (Å²) in [5.41, 5.74) is 0.408. The maximum Gasteiger partial charge on any atom is 0.453 e. The molecular weight excluding hydrogens is 304 g/mol. The maximum atomic E-state index is 12.9. The minimum atomic E-state index is -4.69. The van der Waals surface area contributed by atoms with Crippen LogP contribution in [0, 0.1) is 12.7 Å². The van der Waals surface area contributed by atoms with Gasteiger partial charge in [0, 0.05) is 11.8 Å². The number of rotatable bonds is 2. The molecule has 0 bridgehead atoms. The fraction of sp³-hybridized carbons (Fsp3) is 0.154. The summed E-state index contributed by atoms with van der Waals surface area (Å²) < 4.78 is 57.2. The van der Waals surface area contributed by atoms with Crippen LogP contribution in [0.4, 0.5) is 17.6 Å². The number of halogens is 4. The van der Waals surface area contributed by atoms with Crippen LogP contribution in [-0.2, 0) is 6.18 Å². The highest BCUT2D eigenvalue weighted by molar-refractivity contribution is 5.37. The molecule has 0 saturated carbocycles. The summed E-state index contributed by atoms with van der Waals surface area (Å²) in [6.07, 6.45) is -4.69. The van der Waals surface area contributed by atoms with Gasteiger partial charge in [-0.3, -0.25) is 0 Å². The summed E-state index contributed by atoms with van der Waals surface area (Å²) in [5.74, 6) is -1.75. The van der Waals surface area contributed by atoms with E-state index < -0.39 is 17.8 Å². The van der Waals surface area contributed by atoms with Gasteiger partial charge in [0.2, 0.25) is 5.88 Å². The first-order chi connectivity index (χ1) is 10.3. The third kappa shape index (κ3) is 2.69. The number of hydrogen-bond donors (Lipinski definition) is 0. The van der Waals surface area contributed by atoms with Crippen LogP contribution in [0.3, 0.4) is 0 Å². The van der Waals surface area contributed by atoms with Gasteiger partial charge in [0.05, 0.1) is 0 Å². The van der Waals surface area contributed by atoms with E-state index >= 15 is 0 Å². The molecule has 3 rings (SSSR count). The van der Waals surface area contributed by atoms with Gasteiger partial charge >= 0.3 is 6.18 Å². The molecule has 0 amide bonds. The van der Waals surface area contributed by atoms with E-state index in [0.29, 0.717) is 5.69 Å². The van der Waals surface area contributed by atoms with Crippen LogP contribution in [0.2, 0.25) is 0 Å². The summed E-state index contributed by atoms with van der Waals surface area (Å²) in [7, 11) is 0. The van der Waals surface area contributed by atoms with Gasteiger partial charge in [0.1, 0.15) is 11.6 Å². The standard InChI is InChI=1S/C13H8F4N4O/c1-7-6-10(22-9-4-2-8(14)3-5-9)21-12(18-7)19-11(20-21)13(15,16)17/h2-6H,1H3. The molecule has 0 atom stereocenters. The third-order valence-electron chi connectivity index (χ3n) is 2.70. The van der Waals surface area contributed by atoms with E-state index in [9.17, 15) is 17.6 Å². The Morgan fingerprint density at radius 2 is 1.77 bits per heavy atom. The Morgan fingerprint density at radius 1 is 1.09 bits per heavy atom. The number of nitrogens with zero attached hydrogens (tertiary/aromatic N) is 4. The first-order valence-electron chi connectivity index (χ1n) is 6.08. The average molecular weight is 312 g/mol. The first-order valence-corrected chi connectivity index (χ1v) is 6.08. The number of benzene rings is 1. The minimum Gasteiger partial charge on any atom is -0.439 e. The predicted octanol–water partition coefficient (Wildman–Crippen LogP) is 3.38. The summed E-state index contributed by atoms with van der Waals surface area (Å²) >= 11 is 0. The van der Waals surface area contributed by atoms with Crippen molar-refractivity contribution < 1.29 is 22.3 Å². The number of aromatic nitrogens is 4. The number of ether oxygens (including phenoxy) is 1. The Balaban J connectivity index is 2.08. The van der Waals surface area contributed by atoms with Crippen molar-refractivity contribution in [3.63, 3.8) is 0 Å². The lowest BCUT2D eigenvalue weighted by Gasteiger charge is -2.07. The predicted molar refractivity (Wildman–Crippen MR) is 67.0 cm³/mol. The lowest BCUT2D eigenvalue weighted by atomic mass is 10.3. The van der Waals surface area contributed by atoms with Crippen LogP contribution in [-0.4, -0.2) is 19.6 Å². The van der Waals surface area contributed by atoms with Gasteiger partial charge in [0.25, 0.3) is 11.6 Å². The molecule has 3 aromatic rings. The van der Waals surface area contributed by atoms with Gasteiger partial charge in [-0.05, 0) is 31.2 Å². The lowest BCUT2D eigenvalue weighted by molar-refractivity contribution is -0.144. The summed E-state index contributed by atoms with van der Waals surface area (Å²) in [6, 6.07) is 6.44. The second kappa shape index (κ2) is 4.93. The van der Waals surface area contributed by atoms with Crippen molar-refractivity contribution in [1.29, 1.82) is 0 Å². The first kappa shape index (κ1) is 14.2. The molecular formula is C13H8F4N4O. The third-order valence-corrected chi connectivity index (χ3v) is 2.70. The molecule has 0 fully saturated rings. The van der Waals surface area contributed by atoms with E-state index in [4.69, 9.17) is 4.74 Å². The van der Waals surface area contributed by atoms with Crippen molar-refractivity contribution >= 4 is 5.78 Å². The molecule has 114 valence electrons. The quantitative estimate of drug-likeness (QED) is 0.681. The Morgan fingerprint density at radius 3 is 2.41 bits per heavy atom. The van der Waals surface area contributed by atoms with Crippen LogP contribution in [0.15, 0.2) is 30.3 Å². The molecule has 0 aliphatic heterocycles. The van der Waals surface area contributed by atoms with E-state index in [1.54, 1.807) is 6.92 Å². The average Bonchev–Trinajstić information content (AvgIpc) is 2.85. The second-order valence-corrected chi connectivity index (χ2v) is 4.44. The Bertz CT molecular complexity index is 826. The van der Waals surface area contributed by atoms with Crippen molar-refractivity contribution in [2.45, 2.75) is 13.1 Å². The van der Waals surface area contributed by atoms with Gasteiger partial charge in [-0.15, -0.1) is 5.10 Å². The van der Waals surface area contributed by atoms with Crippen molar-refractivity contribution in [3.05, 3.63) is 47.7 Å². The number of aryl methyl sites for hydroxylation is 1. The van der Waals surface area contributed by atoms with Gasteiger partial charge in [-0.25, -0.2) is 9.37 Å². The second-order valence-electron chi connectivity index (χ2n) is 4.44. The molecule has 5 nitrogen and oxygen atoms in total. The zero-order valence-electron chi connectivity index (χ0n) is 11.1. The van der Waals surface area contributed by atoms with Crippen molar-refractivity contribution in [1.82, 2.24) is 19.6 Å². The fourth-order valence-corrected chi connectivity index (χ4v) is 1.77. The molecule has 0 saturated heterocycles. The van der Waals surface area contributed by atoms with Crippen molar-refractivity contribution in [2.75, 3.05) is 0 Å². The van der Waals surface area contributed by atoms with Crippen LogP contribution in [0.1, 0.15) is 11.5 Å². The summed E-state index contributed by atoms with van der Waals surface area (Å²) in [5, 5.41) is 3.36. The minimum absolute atomic E-state index is 0.00268. The molecule has 0 spiro atoms. The molecule has 9 heteroatoms. The smallest absolute Gasteiger partial charge is 0.439 e. The van der Waals surface area contributed by atoms with Crippen LogP contribution >= 0.6 is 0 Å². The zero-order chi connectivity index (χ0) is 15.9. The van der Waals surface area contributed by atoms with Crippen molar-refractivity contribution in [3.8, 4) is 11.6 Å². The fourth-order valence-electron chi connectivity index (χ4n) is 1.77. The highest BCUT2D eigenvalue weighted by Crippen LogP contribution is 2.28. The SMILES string of the molecule is Cc1cc(Oc2ccc(F)cc2)n2nc(C(F)(F)F)nc2n1. The number of hydrogen-bond acceptors (Lipinski definition) is 4. The largest absolute Gasteiger partial charge is 0.453 e. The number of fused-ring (bicyclic) bond motifs is 1. The molecule has 1 aromatic carbocycles. The van der Waals surface area contributed by atoms with E-state index in [1.807, 2.05) is 0 Å². The van der Waals surface area contributed by atoms with Crippen LogP contribution in [0.25, 0.3) is 5.78 Å². The normalized spacial score (nSPS) is 11.9. The highest BCUT2D eigenvalue weighted by atomic mass is 19.4. The highest BCUT2D eigenvalue weighted by Gasteiger charge is 2.37. The molecule has 0 radical (unpaired) electrons. The van der Waals surface area contributed by atoms with E-state index in [2.05, 4.69) is 15.1 Å². The summed E-state index contributed by atoms with van der Waals surface area (Å²) in [6.45, 7) is 1.58. The topological polar surface area (TPSA) is 52.3 Å². The van der Waals surface area contributed by atoms with E-state index in [1.165, 1.54) is 30.3 Å². The van der Waals surface area contributed by atoms with E-state index in [-0.39, 0.29) is 17.4 Å². The Labute approximate surface area is 121 Å². The molecule has 0 aliphatic rings. The molecule has 22 heavy (non-hydrogen) atoms. The van der Waals surface area contributed by atoms with E-state index in [0.717, 1.165) is 4.52 Å². The Kier molecular flexibility index (Phi) is 3.19. The molecule has 2 aromatic heterocycles. The zero-order valence-corrected chi connectivity index (χ0v) is 11.1. The maximum absolute atomic E-state index is 12.9. The molecule has 2 heterocycles. The van der Waals surface area contributed by atoms with Crippen molar-refractivity contribution in [2.24, 2.45) is 0 Å². The van der Waals surface area contributed by atoms with Crippen LogP contribution < -0.4 is 4.74 Å². The van der Waals surface area contributed by atoms with Crippen LogP contribution in [0.5, 0.6) is 11.6 Å². The van der Waals surface area contributed by atoms with Gasteiger partial charge in [-0.2, -0.15) is 22.7 Å². The lowest BCUT2D eigenvalue weighted by Crippen LogP contribution is -2.07. The van der Waals surface area contributed by atoms with Gasteiger partial charge in [0.15, 0.2) is 0 Å². The number of alkyl halides is 3. The molecule has 0 aliphatic carbocycles. The molecule has 0 N–H and O–H groups in total. The molecule has 0 unspecified atom stereocenters. The Hall–Kier alpha value is -2.71. The monoisotopic (exact) mass is 312 g/mol. The van der Waals surface area contributed by atoms with Gasteiger partial charge < -0.3 is 4.74 Å².